The van der Waals surface area contributed by atoms with Crippen molar-refractivity contribution in [1.29, 1.82) is 0 Å². The van der Waals surface area contributed by atoms with E-state index in [-0.39, 0.29) is 11.6 Å². The average molecular weight is 408 g/mol. The average Bonchev–Trinajstić information content (AvgIpc) is 2.79. The lowest BCUT2D eigenvalue weighted by molar-refractivity contribution is 0.193. The zero-order valence-corrected chi connectivity index (χ0v) is 17.1. The van der Waals surface area contributed by atoms with Gasteiger partial charge in [-0.1, -0.05) is 36.4 Å². The summed E-state index contributed by atoms with van der Waals surface area (Å²) >= 11 is 0. The highest BCUT2D eigenvalue weighted by molar-refractivity contribution is 5.63. The predicted molar refractivity (Wildman–Crippen MR) is 117 cm³/mol. The molecule has 0 aromatic heterocycles. The van der Waals surface area contributed by atoms with Crippen LogP contribution in [-0.2, 0) is 0 Å². The molecule has 3 aromatic rings. The quantitative estimate of drug-likeness (QED) is 0.427. The second-order valence-corrected chi connectivity index (χ2v) is 7.90. The highest BCUT2D eigenvalue weighted by Crippen LogP contribution is 2.28. The molecule has 4 heteroatoms. The lowest BCUT2D eigenvalue weighted by atomic mass is 9.89. The molecule has 0 radical (unpaired) electrons. The summed E-state index contributed by atoms with van der Waals surface area (Å²) in [6.07, 6.45) is 3.23. The van der Waals surface area contributed by atoms with Gasteiger partial charge >= 0.3 is 0 Å². The van der Waals surface area contributed by atoms with Crippen molar-refractivity contribution >= 4 is 0 Å². The topological polar surface area (TPSA) is 12.5 Å². The van der Waals surface area contributed by atoms with Gasteiger partial charge in [0.05, 0.1) is 6.61 Å². The maximum Gasteiger partial charge on any atom is 0.123 e. The fourth-order valence-electron chi connectivity index (χ4n) is 4.09. The van der Waals surface area contributed by atoms with Crippen molar-refractivity contribution in [3.8, 4) is 16.9 Å². The van der Waals surface area contributed by atoms with Crippen LogP contribution >= 0.6 is 0 Å². The second-order valence-electron chi connectivity index (χ2n) is 7.90. The molecule has 156 valence electrons. The first kappa shape index (κ1) is 20.5. The summed E-state index contributed by atoms with van der Waals surface area (Å²) in [6, 6.07) is 21.4. The van der Waals surface area contributed by atoms with E-state index in [2.05, 4.69) is 4.90 Å². The summed E-state index contributed by atoms with van der Waals surface area (Å²) < 4.78 is 32.0. The van der Waals surface area contributed by atoms with Crippen LogP contribution in [0.4, 0.5) is 8.78 Å². The number of halogens is 2. The third-order valence-electron chi connectivity index (χ3n) is 5.85. The molecule has 3 aromatic carbocycles. The molecule has 0 aliphatic carbocycles. The van der Waals surface area contributed by atoms with Crippen molar-refractivity contribution in [2.24, 2.45) is 0 Å². The molecule has 0 N–H and O–H groups in total. The zero-order chi connectivity index (χ0) is 20.8. The van der Waals surface area contributed by atoms with Gasteiger partial charge in [-0.15, -0.1) is 0 Å². The first-order valence-corrected chi connectivity index (χ1v) is 10.6. The first-order valence-electron chi connectivity index (χ1n) is 10.6. The van der Waals surface area contributed by atoms with Gasteiger partial charge in [-0.2, -0.15) is 0 Å². The van der Waals surface area contributed by atoms with E-state index < -0.39 is 0 Å². The van der Waals surface area contributed by atoms with Crippen LogP contribution in [0.25, 0.3) is 11.1 Å². The van der Waals surface area contributed by atoms with Gasteiger partial charge in [-0.25, -0.2) is 8.78 Å². The highest BCUT2D eigenvalue weighted by atomic mass is 19.1. The van der Waals surface area contributed by atoms with Gasteiger partial charge in [0.1, 0.15) is 17.4 Å². The summed E-state index contributed by atoms with van der Waals surface area (Å²) in [7, 11) is 0. The molecule has 0 saturated carbocycles. The van der Waals surface area contributed by atoms with E-state index in [1.807, 2.05) is 36.4 Å². The SMILES string of the molecule is Fc1ccc(-c2ccc(OCCCN3CCC(c4ccc(F)cc4)CC3)cc2)cc1. The predicted octanol–water partition coefficient (Wildman–Crippen LogP) is 6.28. The van der Waals surface area contributed by atoms with Gasteiger partial charge in [-0.3, -0.25) is 0 Å². The molecular weight excluding hydrogens is 380 g/mol. The minimum atomic E-state index is -0.224. The van der Waals surface area contributed by atoms with Crippen molar-refractivity contribution in [2.75, 3.05) is 26.2 Å². The van der Waals surface area contributed by atoms with Crippen LogP contribution in [0.1, 0.15) is 30.7 Å². The van der Waals surface area contributed by atoms with Crippen LogP contribution in [0.3, 0.4) is 0 Å². The van der Waals surface area contributed by atoms with Crippen molar-refractivity contribution < 1.29 is 13.5 Å². The van der Waals surface area contributed by atoms with Crippen LogP contribution in [0, 0.1) is 11.6 Å². The van der Waals surface area contributed by atoms with Crippen molar-refractivity contribution in [2.45, 2.75) is 25.2 Å². The number of ether oxygens (including phenoxy) is 1. The van der Waals surface area contributed by atoms with Gasteiger partial charge in [0.2, 0.25) is 0 Å². The number of rotatable bonds is 7. The molecule has 0 atom stereocenters. The van der Waals surface area contributed by atoms with E-state index in [0.29, 0.717) is 12.5 Å². The largest absolute Gasteiger partial charge is 0.494 e. The Morgan fingerprint density at radius 3 is 1.87 bits per heavy atom. The molecule has 1 aliphatic rings. The molecule has 1 saturated heterocycles. The summed E-state index contributed by atoms with van der Waals surface area (Å²) in [6.45, 7) is 3.88. The molecule has 0 unspecified atom stereocenters. The maximum absolute atomic E-state index is 13.1. The summed E-state index contributed by atoms with van der Waals surface area (Å²) in [5.41, 5.74) is 3.29. The normalized spacial score (nSPS) is 15.3. The number of hydrogen-bond acceptors (Lipinski definition) is 2. The molecule has 1 fully saturated rings. The van der Waals surface area contributed by atoms with Gasteiger partial charge in [0.15, 0.2) is 0 Å². The van der Waals surface area contributed by atoms with Gasteiger partial charge in [-0.05, 0) is 91.4 Å². The van der Waals surface area contributed by atoms with E-state index in [4.69, 9.17) is 4.74 Å². The fraction of sp³-hybridized carbons (Fsp3) is 0.308. The number of piperidine rings is 1. The Morgan fingerprint density at radius 2 is 1.27 bits per heavy atom. The Hall–Kier alpha value is -2.72. The number of nitrogens with zero attached hydrogens (tertiary/aromatic N) is 1. The molecule has 0 bridgehead atoms. The molecule has 2 nitrogen and oxygen atoms in total. The molecule has 30 heavy (non-hydrogen) atoms. The summed E-state index contributed by atoms with van der Waals surface area (Å²) in [5.74, 6) is 1.01. The van der Waals surface area contributed by atoms with E-state index in [1.54, 1.807) is 24.3 Å². The molecule has 0 spiro atoms. The minimum Gasteiger partial charge on any atom is -0.494 e. The molecular formula is C26H27F2NO. The number of hydrogen-bond donors (Lipinski definition) is 0. The minimum absolute atomic E-state index is 0.165. The Bertz CT molecular complexity index is 915. The lowest BCUT2D eigenvalue weighted by Gasteiger charge is -2.32. The van der Waals surface area contributed by atoms with Crippen LogP contribution in [0.15, 0.2) is 72.8 Å². The molecule has 1 heterocycles. The van der Waals surface area contributed by atoms with Gasteiger partial charge in [0.25, 0.3) is 0 Å². The Morgan fingerprint density at radius 1 is 0.733 bits per heavy atom. The third kappa shape index (κ3) is 5.45. The lowest BCUT2D eigenvalue weighted by Crippen LogP contribution is -2.34. The van der Waals surface area contributed by atoms with Crippen molar-refractivity contribution in [3.05, 3.63) is 90.0 Å². The number of likely N-dealkylation sites (tertiary alicyclic amines) is 1. The number of benzene rings is 3. The monoisotopic (exact) mass is 407 g/mol. The first-order chi connectivity index (χ1) is 14.7. The van der Waals surface area contributed by atoms with E-state index >= 15 is 0 Å². The fourth-order valence-corrected chi connectivity index (χ4v) is 4.09. The third-order valence-corrected chi connectivity index (χ3v) is 5.85. The Balaban J connectivity index is 1.17. The van der Waals surface area contributed by atoms with Gasteiger partial charge in [0, 0.05) is 6.54 Å². The summed E-state index contributed by atoms with van der Waals surface area (Å²) in [5, 5.41) is 0. The Labute approximate surface area is 177 Å². The van der Waals surface area contributed by atoms with Crippen LogP contribution < -0.4 is 4.74 Å². The van der Waals surface area contributed by atoms with Crippen LogP contribution in [0.2, 0.25) is 0 Å². The maximum atomic E-state index is 13.1. The zero-order valence-electron chi connectivity index (χ0n) is 17.1. The van der Waals surface area contributed by atoms with Crippen LogP contribution in [0.5, 0.6) is 5.75 Å². The standard InChI is InChI=1S/C26H27F2NO/c27-24-8-2-20(3-9-24)22-6-12-26(13-7-22)30-19-1-16-29-17-14-23(15-18-29)21-4-10-25(28)11-5-21/h2-13,23H,1,14-19H2. The molecule has 4 rings (SSSR count). The van der Waals surface area contributed by atoms with E-state index in [1.165, 1.54) is 17.7 Å². The van der Waals surface area contributed by atoms with Crippen molar-refractivity contribution in [3.63, 3.8) is 0 Å². The molecule has 0 amide bonds. The summed E-state index contributed by atoms with van der Waals surface area (Å²) in [4.78, 5) is 2.49. The smallest absolute Gasteiger partial charge is 0.123 e. The van der Waals surface area contributed by atoms with E-state index in [9.17, 15) is 8.78 Å². The second kappa shape index (κ2) is 9.86. The highest BCUT2D eigenvalue weighted by Gasteiger charge is 2.20. The Kier molecular flexibility index (Phi) is 6.75. The van der Waals surface area contributed by atoms with E-state index in [0.717, 1.165) is 55.8 Å². The van der Waals surface area contributed by atoms with Gasteiger partial charge < -0.3 is 9.64 Å². The van der Waals surface area contributed by atoms with Crippen molar-refractivity contribution in [1.82, 2.24) is 4.90 Å². The molecule has 1 aliphatic heterocycles. The van der Waals surface area contributed by atoms with Crippen LogP contribution in [-0.4, -0.2) is 31.1 Å².